The van der Waals surface area contributed by atoms with Crippen LogP contribution in [0.3, 0.4) is 0 Å². The summed E-state index contributed by atoms with van der Waals surface area (Å²) in [5.41, 5.74) is 9.40. The molecule has 0 bridgehead atoms. The topological polar surface area (TPSA) is 0 Å². The number of aryl methyl sites for hydroxylation is 2. The Morgan fingerprint density at radius 1 is 0.296 bits per heavy atom. The molecule has 0 unspecified atom stereocenters. The average Bonchev–Trinajstić information content (AvgIpc) is 3.21. The van der Waals surface area contributed by atoms with Crippen LogP contribution in [0.15, 0.2) is 97.1 Å². The highest BCUT2D eigenvalue weighted by Crippen LogP contribution is 2.16. The quantitative estimate of drug-likeness (QED) is 0.0385. The minimum Gasteiger partial charge on any atom is -0.0654 e. The molecule has 0 radical (unpaired) electrons. The monoisotopic (exact) mass is 717 g/mol. The van der Waals surface area contributed by atoms with Crippen LogP contribution in [0.25, 0.3) is 12.2 Å². The highest BCUT2D eigenvalue weighted by atomic mass is 14.0. The number of hydrogen-bond donors (Lipinski definition) is 0. The second-order valence-corrected chi connectivity index (χ2v) is 15.3. The molecule has 54 heavy (non-hydrogen) atoms. The van der Waals surface area contributed by atoms with Gasteiger partial charge < -0.3 is 0 Å². The van der Waals surface area contributed by atoms with Crippen molar-refractivity contribution >= 4 is 12.2 Å². The fourth-order valence-electron chi connectivity index (χ4n) is 6.98. The molecule has 0 spiro atoms. The number of benzene rings is 4. The van der Waals surface area contributed by atoms with Gasteiger partial charge in [0.2, 0.25) is 0 Å². The van der Waals surface area contributed by atoms with Crippen LogP contribution >= 0.6 is 0 Å². The third-order valence-electron chi connectivity index (χ3n) is 10.5. The Morgan fingerprint density at radius 3 is 0.815 bits per heavy atom. The highest BCUT2D eigenvalue weighted by Gasteiger charge is 1.99. The number of rotatable bonds is 24. The van der Waals surface area contributed by atoms with Gasteiger partial charge in [0.1, 0.15) is 0 Å². The van der Waals surface area contributed by atoms with Gasteiger partial charge in [0.25, 0.3) is 0 Å². The van der Waals surface area contributed by atoms with E-state index in [1.165, 1.54) is 152 Å². The fourth-order valence-corrected chi connectivity index (χ4v) is 6.98. The van der Waals surface area contributed by atoms with Crippen molar-refractivity contribution in [3.05, 3.63) is 142 Å². The maximum atomic E-state index is 3.34. The van der Waals surface area contributed by atoms with Gasteiger partial charge in [-0.15, -0.1) is 0 Å². The summed E-state index contributed by atoms with van der Waals surface area (Å²) < 4.78 is 0. The lowest BCUT2D eigenvalue weighted by Gasteiger charge is -2.03. The molecule has 0 atom stereocenters. The Morgan fingerprint density at radius 2 is 0.537 bits per heavy atom. The summed E-state index contributed by atoms with van der Waals surface area (Å²) in [6.07, 6.45) is 34.3. The van der Waals surface area contributed by atoms with Crippen molar-refractivity contribution in [3.8, 4) is 23.7 Å². The Labute approximate surface area is 331 Å². The van der Waals surface area contributed by atoms with Gasteiger partial charge in [0, 0.05) is 22.3 Å². The molecule has 0 aliphatic carbocycles. The minimum atomic E-state index is 1.04. The molecule has 0 nitrogen and oxygen atoms in total. The fraction of sp³-hybridized carbons (Fsp3) is 0.444. The summed E-state index contributed by atoms with van der Waals surface area (Å²) in [6.45, 7) is 4.58. The first-order chi connectivity index (χ1) is 26.7. The Hall–Kier alpha value is -4.26. The van der Waals surface area contributed by atoms with Crippen LogP contribution in [0.4, 0.5) is 0 Å². The van der Waals surface area contributed by atoms with Gasteiger partial charge in [0.15, 0.2) is 0 Å². The zero-order chi connectivity index (χ0) is 37.7. The van der Waals surface area contributed by atoms with E-state index in [1.54, 1.807) is 0 Å². The van der Waals surface area contributed by atoms with E-state index in [2.05, 4.69) is 147 Å². The molecule has 0 aromatic heterocycles. The molecule has 4 aromatic carbocycles. The minimum absolute atomic E-state index is 1.04. The van der Waals surface area contributed by atoms with Gasteiger partial charge in [0.05, 0.1) is 0 Å². The summed E-state index contributed by atoms with van der Waals surface area (Å²) >= 11 is 0. The van der Waals surface area contributed by atoms with Crippen molar-refractivity contribution < 1.29 is 0 Å². The first kappa shape index (κ1) is 42.5. The van der Waals surface area contributed by atoms with E-state index in [-0.39, 0.29) is 0 Å². The second kappa shape index (κ2) is 27.3. The maximum absolute atomic E-state index is 3.34. The van der Waals surface area contributed by atoms with Crippen molar-refractivity contribution in [2.45, 2.75) is 155 Å². The predicted octanol–water partition coefficient (Wildman–Crippen LogP) is 15.6. The van der Waals surface area contributed by atoms with Crippen molar-refractivity contribution in [1.29, 1.82) is 0 Å². The van der Waals surface area contributed by atoms with Crippen molar-refractivity contribution in [2.24, 2.45) is 0 Å². The number of unbranched alkanes of at least 4 members (excludes halogenated alkanes) is 18. The lowest BCUT2D eigenvalue weighted by atomic mass is 10.0. The van der Waals surface area contributed by atoms with E-state index in [9.17, 15) is 0 Å². The lowest BCUT2D eigenvalue weighted by molar-refractivity contribution is 0.556. The van der Waals surface area contributed by atoms with Gasteiger partial charge in [-0.1, -0.05) is 214 Å². The molecule has 0 saturated heterocycles. The van der Waals surface area contributed by atoms with Crippen LogP contribution < -0.4 is 0 Å². The number of hydrogen-bond acceptors (Lipinski definition) is 0. The predicted molar refractivity (Wildman–Crippen MR) is 238 cm³/mol. The molecule has 0 aliphatic heterocycles. The summed E-state index contributed by atoms with van der Waals surface area (Å²) in [4.78, 5) is 0. The standard InChI is InChI=1S/C54H68/c1-3-5-7-9-11-13-15-17-19-21-23-47-25-29-49(30-26-47)33-35-51-37-41-53(42-38-51)45-46-54-43-39-52(40-44-54)36-34-50-31-27-48(28-32-50)24-22-20-18-16-14-12-10-8-6-4-2/h25-32,37-46H,3-24H2,1-2H3/b46-45+. The second-order valence-electron chi connectivity index (χ2n) is 15.3. The molecule has 0 heterocycles. The first-order valence-electron chi connectivity index (χ1n) is 21.8. The normalized spacial score (nSPS) is 10.9. The van der Waals surface area contributed by atoms with Crippen molar-refractivity contribution in [3.63, 3.8) is 0 Å². The molecule has 0 heteroatoms. The molecule has 4 rings (SSSR count). The summed E-state index contributed by atoms with van der Waals surface area (Å²) in [6, 6.07) is 34.7. The van der Waals surface area contributed by atoms with Crippen molar-refractivity contribution in [2.75, 3.05) is 0 Å². The van der Waals surface area contributed by atoms with E-state index in [4.69, 9.17) is 0 Å². The van der Waals surface area contributed by atoms with Crippen LogP contribution in [0.5, 0.6) is 0 Å². The molecular formula is C54H68. The molecular weight excluding hydrogens is 649 g/mol. The van der Waals surface area contributed by atoms with Gasteiger partial charge in [-0.05, 0) is 96.5 Å². The summed E-state index contributed by atoms with van der Waals surface area (Å²) in [5.74, 6) is 13.4. The van der Waals surface area contributed by atoms with Crippen LogP contribution in [0, 0.1) is 23.7 Å². The van der Waals surface area contributed by atoms with Crippen LogP contribution in [-0.2, 0) is 12.8 Å². The molecule has 0 saturated carbocycles. The van der Waals surface area contributed by atoms with Crippen LogP contribution in [0.1, 0.15) is 187 Å². The van der Waals surface area contributed by atoms with Gasteiger partial charge in [-0.25, -0.2) is 0 Å². The zero-order valence-electron chi connectivity index (χ0n) is 33.9. The molecule has 0 amide bonds. The van der Waals surface area contributed by atoms with E-state index < -0.39 is 0 Å². The summed E-state index contributed by atoms with van der Waals surface area (Å²) in [7, 11) is 0. The average molecular weight is 717 g/mol. The van der Waals surface area contributed by atoms with Crippen LogP contribution in [0.2, 0.25) is 0 Å². The summed E-state index contributed by atoms with van der Waals surface area (Å²) in [5, 5.41) is 0. The largest absolute Gasteiger partial charge is 0.0654 e. The van der Waals surface area contributed by atoms with E-state index >= 15 is 0 Å². The van der Waals surface area contributed by atoms with E-state index in [0.29, 0.717) is 0 Å². The zero-order valence-corrected chi connectivity index (χ0v) is 33.9. The maximum Gasteiger partial charge on any atom is 0.0249 e. The molecule has 284 valence electrons. The third kappa shape index (κ3) is 18.7. The van der Waals surface area contributed by atoms with Gasteiger partial charge >= 0.3 is 0 Å². The van der Waals surface area contributed by atoms with E-state index in [1.807, 2.05) is 0 Å². The molecule has 4 aromatic rings. The lowest BCUT2D eigenvalue weighted by Crippen LogP contribution is -1.87. The molecule has 0 fully saturated rings. The highest BCUT2D eigenvalue weighted by molar-refractivity contribution is 5.70. The molecule has 0 N–H and O–H groups in total. The Bertz CT molecular complexity index is 1560. The smallest absolute Gasteiger partial charge is 0.0249 e. The van der Waals surface area contributed by atoms with Crippen molar-refractivity contribution in [1.82, 2.24) is 0 Å². The first-order valence-corrected chi connectivity index (χ1v) is 21.8. The Kier molecular flexibility index (Phi) is 21.5. The van der Waals surface area contributed by atoms with Gasteiger partial charge in [-0.3, -0.25) is 0 Å². The van der Waals surface area contributed by atoms with Gasteiger partial charge in [-0.2, -0.15) is 0 Å². The van der Waals surface area contributed by atoms with Crippen LogP contribution in [-0.4, -0.2) is 0 Å². The Balaban J connectivity index is 1.11. The van der Waals surface area contributed by atoms with E-state index in [0.717, 1.165) is 33.4 Å². The SMILES string of the molecule is CCCCCCCCCCCCc1ccc(C#Cc2ccc(/C=C/c3ccc(C#Cc4ccc(CCCCCCCCCCCC)cc4)cc3)cc2)cc1. The third-order valence-corrected chi connectivity index (χ3v) is 10.5. The molecule has 0 aliphatic rings.